The average molecular weight is 232 g/mol. The van der Waals surface area contributed by atoms with Crippen molar-refractivity contribution in [3.05, 3.63) is 47.0 Å². The molecule has 1 heterocycles. The van der Waals surface area contributed by atoms with Gasteiger partial charge in [-0.05, 0) is 25.5 Å². The van der Waals surface area contributed by atoms with Crippen molar-refractivity contribution in [2.75, 3.05) is 0 Å². The lowest BCUT2D eigenvalue weighted by molar-refractivity contribution is 0.253. The molecule has 0 unspecified atom stereocenters. The molecule has 0 aliphatic heterocycles. The number of imidazole rings is 1. The summed E-state index contributed by atoms with van der Waals surface area (Å²) in [5.74, 6) is 0. The summed E-state index contributed by atoms with van der Waals surface area (Å²) in [4.78, 5) is 4.10. The van der Waals surface area contributed by atoms with E-state index >= 15 is 0 Å². The van der Waals surface area contributed by atoms with Crippen molar-refractivity contribution in [1.82, 2.24) is 9.55 Å². The van der Waals surface area contributed by atoms with E-state index < -0.39 is 0 Å². The van der Waals surface area contributed by atoms with Crippen LogP contribution in [0, 0.1) is 13.8 Å². The molecular weight excluding hydrogens is 216 g/mol. The minimum atomic E-state index is -0.159. The molecule has 0 aliphatic rings. The minimum absolute atomic E-state index is 0.136. The highest BCUT2D eigenvalue weighted by Crippen LogP contribution is 2.19. The van der Waals surface area contributed by atoms with E-state index in [-0.39, 0.29) is 13.2 Å². The van der Waals surface area contributed by atoms with Gasteiger partial charge in [0, 0.05) is 5.69 Å². The number of aryl methyl sites for hydroxylation is 2. The number of hydrogen-bond acceptors (Lipinski definition) is 3. The smallest absolute Gasteiger partial charge is 0.0999 e. The third-order valence-corrected chi connectivity index (χ3v) is 2.86. The van der Waals surface area contributed by atoms with Crippen molar-refractivity contribution in [3.63, 3.8) is 0 Å². The Morgan fingerprint density at radius 3 is 2.53 bits per heavy atom. The van der Waals surface area contributed by atoms with E-state index in [0.29, 0.717) is 11.4 Å². The van der Waals surface area contributed by atoms with Gasteiger partial charge in [-0.1, -0.05) is 17.7 Å². The molecule has 0 saturated carbocycles. The molecule has 17 heavy (non-hydrogen) atoms. The summed E-state index contributed by atoms with van der Waals surface area (Å²) >= 11 is 0. The summed E-state index contributed by atoms with van der Waals surface area (Å²) < 4.78 is 1.82. The highest BCUT2D eigenvalue weighted by Gasteiger charge is 2.11. The Morgan fingerprint density at radius 2 is 1.94 bits per heavy atom. The van der Waals surface area contributed by atoms with E-state index in [1.165, 1.54) is 5.56 Å². The van der Waals surface area contributed by atoms with E-state index in [1.54, 1.807) is 6.33 Å². The lowest BCUT2D eigenvalue weighted by Crippen LogP contribution is -2.03. The van der Waals surface area contributed by atoms with E-state index in [1.807, 2.05) is 30.5 Å². The van der Waals surface area contributed by atoms with Crippen LogP contribution < -0.4 is 0 Å². The highest BCUT2D eigenvalue weighted by atomic mass is 16.3. The first kappa shape index (κ1) is 11.8. The molecule has 0 spiro atoms. The lowest BCUT2D eigenvalue weighted by atomic mass is 10.1. The number of aliphatic hydroxyl groups is 2. The number of aliphatic hydroxyl groups excluding tert-OH is 2. The van der Waals surface area contributed by atoms with Crippen molar-refractivity contribution in [1.29, 1.82) is 0 Å². The van der Waals surface area contributed by atoms with Gasteiger partial charge in [0.05, 0.1) is 30.9 Å². The largest absolute Gasteiger partial charge is 0.390 e. The van der Waals surface area contributed by atoms with Gasteiger partial charge in [-0.2, -0.15) is 0 Å². The zero-order valence-corrected chi connectivity index (χ0v) is 10.0. The summed E-state index contributed by atoms with van der Waals surface area (Å²) in [5, 5.41) is 18.5. The normalized spacial score (nSPS) is 10.8. The molecule has 0 aliphatic carbocycles. The first-order valence-electron chi connectivity index (χ1n) is 5.51. The molecule has 0 saturated heterocycles. The molecule has 4 heteroatoms. The van der Waals surface area contributed by atoms with Crippen LogP contribution in [0.15, 0.2) is 24.5 Å². The standard InChI is InChI=1S/C13H16N2O2/c1-9-3-4-12(10(2)5-9)15-8-14-11(6-16)13(15)7-17/h3-5,8,16-17H,6-7H2,1-2H3. The van der Waals surface area contributed by atoms with Crippen molar-refractivity contribution in [3.8, 4) is 5.69 Å². The monoisotopic (exact) mass is 232 g/mol. The van der Waals surface area contributed by atoms with Gasteiger partial charge < -0.3 is 14.8 Å². The van der Waals surface area contributed by atoms with Crippen LogP contribution in [0.1, 0.15) is 22.5 Å². The first-order valence-corrected chi connectivity index (χ1v) is 5.51. The Kier molecular flexibility index (Phi) is 3.26. The van der Waals surface area contributed by atoms with Gasteiger partial charge in [-0.15, -0.1) is 0 Å². The SMILES string of the molecule is Cc1ccc(-n2cnc(CO)c2CO)c(C)c1. The number of nitrogens with zero attached hydrogens (tertiary/aromatic N) is 2. The van der Waals surface area contributed by atoms with Crippen LogP contribution in [0.5, 0.6) is 0 Å². The van der Waals surface area contributed by atoms with Gasteiger partial charge in [0.2, 0.25) is 0 Å². The zero-order chi connectivity index (χ0) is 12.4. The molecule has 0 amide bonds. The second kappa shape index (κ2) is 4.69. The lowest BCUT2D eigenvalue weighted by Gasteiger charge is -2.11. The Hall–Kier alpha value is -1.65. The van der Waals surface area contributed by atoms with E-state index in [4.69, 9.17) is 5.11 Å². The maximum atomic E-state index is 9.35. The van der Waals surface area contributed by atoms with Crippen LogP contribution >= 0.6 is 0 Å². The molecule has 2 N–H and O–H groups in total. The van der Waals surface area contributed by atoms with E-state index in [0.717, 1.165) is 11.3 Å². The van der Waals surface area contributed by atoms with Gasteiger partial charge in [0.15, 0.2) is 0 Å². The number of benzene rings is 1. The molecule has 0 fully saturated rings. The van der Waals surface area contributed by atoms with Crippen LogP contribution in [0.3, 0.4) is 0 Å². The maximum absolute atomic E-state index is 9.35. The molecule has 2 aromatic rings. The Labute approximate surface area is 100 Å². The minimum Gasteiger partial charge on any atom is -0.390 e. The number of rotatable bonds is 3. The van der Waals surface area contributed by atoms with Gasteiger partial charge in [0.25, 0.3) is 0 Å². The van der Waals surface area contributed by atoms with Crippen LogP contribution in [0.2, 0.25) is 0 Å². The van der Waals surface area contributed by atoms with Crippen LogP contribution in [-0.2, 0) is 13.2 Å². The Bertz CT molecular complexity index is 532. The van der Waals surface area contributed by atoms with Crippen molar-refractivity contribution >= 4 is 0 Å². The van der Waals surface area contributed by atoms with Crippen molar-refractivity contribution in [2.45, 2.75) is 27.1 Å². The fraction of sp³-hybridized carbons (Fsp3) is 0.308. The molecule has 2 rings (SSSR count). The molecule has 0 bridgehead atoms. The van der Waals surface area contributed by atoms with Gasteiger partial charge in [0.1, 0.15) is 0 Å². The Balaban J connectivity index is 2.56. The van der Waals surface area contributed by atoms with Crippen molar-refractivity contribution in [2.24, 2.45) is 0 Å². The fourth-order valence-electron chi connectivity index (χ4n) is 1.99. The molecular formula is C13H16N2O2. The highest BCUT2D eigenvalue weighted by molar-refractivity contribution is 5.44. The number of hydrogen-bond donors (Lipinski definition) is 2. The second-order valence-electron chi connectivity index (χ2n) is 4.11. The van der Waals surface area contributed by atoms with Gasteiger partial charge in [-0.25, -0.2) is 4.98 Å². The second-order valence-corrected chi connectivity index (χ2v) is 4.11. The fourth-order valence-corrected chi connectivity index (χ4v) is 1.99. The van der Waals surface area contributed by atoms with E-state index in [9.17, 15) is 5.11 Å². The van der Waals surface area contributed by atoms with Gasteiger partial charge >= 0.3 is 0 Å². The summed E-state index contributed by atoms with van der Waals surface area (Å²) in [6.07, 6.45) is 1.63. The summed E-state index contributed by atoms with van der Waals surface area (Å²) in [5.41, 5.74) is 4.44. The third kappa shape index (κ3) is 2.09. The molecule has 4 nitrogen and oxygen atoms in total. The molecule has 0 radical (unpaired) electrons. The predicted octanol–water partition coefficient (Wildman–Crippen LogP) is 1.47. The summed E-state index contributed by atoms with van der Waals surface area (Å²) in [6.45, 7) is 3.76. The molecule has 1 aromatic heterocycles. The van der Waals surface area contributed by atoms with Crippen LogP contribution in [0.25, 0.3) is 5.69 Å². The summed E-state index contributed by atoms with van der Waals surface area (Å²) in [6, 6.07) is 6.09. The Morgan fingerprint density at radius 1 is 1.18 bits per heavy atom. The first-order chi connectivity index (χ1) is 8.17. The number of aromatic nitrogens is 2. The summed E-state index contributed by atoms with van der Waals surface area (Å²) in [7, 11) is 0. The molecule has 1 aromatic carbocycles. The maximum Gasteiger partial charge on any atom is 0.0999 e. The average Bonchev–Trinajstić information content (AvgIpc) is 2.71. The van der Waals surface area contributed by atoms with Crippen LogP contribution in [-0.4, -0.2) is 19.8 Å². The van der Waals surface area contributed by atoms with Gasteiger partial charge in [-0.3, -0.25) is 0 Å². The molecule has 0 atom stereocenters. The quantitative estimate of drug-likeness (QED) is 0.842. The topological polar surface area (TPSA) is 58.3 Å². The van der Waals surface area contributed by atoms with Crippen molar-refractivity contribution < 1.29 is 10.2 Å². The van der Waals surface area contributed by atoms with Crippen LogP contribution in [0.4, 0.5) is 0 Å². The zero-order valence-electron chi connectivity index (χ0n) is 10.0. The van der Waals surface area contributed by atoms with E-state index in [2.05, 4.69) is 11.1 Å². The third-order valence-electron chi connectivity index (χ3n) is 2.86. The predicted molar refractivity (Wildman–Crippen MR) is 64.9 cm³/mol. The molecule has 90 valence electrons.